The van der Waals surface area contributed by atoms with Crippen LogP contribution in [-0.2, 0) is 15.0 Å². The number of amides is 1. The molecule has 35 heavy (non-hydrogen) atoms. The lowest BCUT2D eigenvalue weighted by molar-refractivity contribution is -0.132. The number of benzene rings is 3. The van der Waals surface area contributed by atoms with Gasteiger partial charge in [0.25, 0.3) is 5.78 Å². The normalized spacial score (nSPS) is 17.9. The highest BCUT2D eigenvalue weighted by Crippen LogP contribution is 2.42. The van der Waals surface area contributed by atoms with Gasteiger partial charge in [-0.3, -0.25) is 14.5 Å². The van der Waals surface area contributed by atoms with Gasteiger partial charge in [0.1, 0.15) is 11.5 Å². The van der Waals surface area contributed by atoms with E-state index in [0.29, 0.717) is 16.9 Å². The Hall–Kier alpha value is -4.19. The summed E-state index contributed by atoms with van der Waals surface area (Å²) in [7, 11) is 0. The number of aliphatic hydroxyl groups excluding tert-OH is 1. The number of aliphatic hydroxyl groups is 1. The van der Waals surface area contributed by atoms with E-state index in [2.05, 4.69) is 25.9 Å². The zero-order valence-corrected chi connectivity index (χ0v) is 20.1. The largest absolute Gasteiger partial charge is 0.507 e. The molecular weight excluding hydrogens is 440 g/mol. The molecule has 1 amide bonds. The van der Waals surface area contributed by atoms with E-state index in [0.717, 1.165) is 16.3 Å². The van der Waals surface area contributed by atoms with Crippen LogP contribution in [0.1, 0.15) is 49.3 Å². The maximum atomic E-state index is 13.3. The third-order valence-corrected chi connectivity index (χ3v) is 6.42. The van der Waals surface area contributed by atoms with Crippen LogP contribution in [-0.4, -0.2) is 22.0 Å². The van der Waals surface area contributed by atoms with E-state index in [1.165, 1.54) is 4.90 Å². The Morgan fingerprint density at radius 1 is 0.943 bits per heavy atom. The van der Waals surface area contributed by atoms with E-state index in [1.807, 2.05) is 60.7 Å². The predicted molar refractivity (Wildman–Crippen MR) is 135 cm³/mol. The summed E-state index contributed by atoms with van der Waals surface area (Å²) in [5.41, 5.74) is 2.24. The van der Waals surface area contributed by atoms with Gasteiger partial charge in [-0.15, -0.1) is 0 Å². The lowest BCUT2D eigenvalue weighted by Crippen LogP contribution is -2.29. The minimum absolute atomic E-state index is 0.0226. The molecule has 5 rings (SSSR count). The minimum Gasteiger partial charge on any atom is -0.507 e. The van der Waals surface area contributed by atoms with Crippen molar-refractivity contribution in [1.82, 2.24) is 5.16 Å². The lowest BCUT2D eigenvalue weighted by atomic mass is 9.85. The molecule has 4 aromatic rings. The fourth-order valence-electron chi connectivity index (χ4n) is 4.51. The molecule has 6 nitrogen and oxygen atoms in total. The van der Waals surface area contributed by atoms with Crippen LogP contribution in [0.3, 0.4) is 0 Å². The van der Waals surface area contributed by atoms with Crippen LogP contribution < -0.4 is 4.90 Å². The second-order valence-electron chi connectivity index (χ2n) is 9.90. The summed E-state index contributed by atoms with van der Waals surface area (Å²) in [4.78, 5) is 27.9. The number of aryl methyl sites for hydroxylation is 1. The average molecular weight is 467 g/mol. The van der Waals surface area contributed by atoms with Crippen LogP contribution in [0.2, 0.25) is 0 Å². The van der Waals surface area contributed by atoms with Crippen LogP contribution in [0.5, 0.6) is 0 Å². The van der Waals surface area contributed by atoms with Gasteiger partial charge in [0.05, 0.1) is 11.6 Å². The van der Waals surface area contributed by atoms with Crippen molar-refractivity contribution in [1.29, 1.82) is 0 Å². The van der Waals surface area contributed by atoms with Crippen molar-refractivity contribution in [3.63, 3.8) is 0 Å². The molecule has 1 fully saturated rings. The minimum atomic E-state index is -0.847. The van der Waals surface area contributed by atoms with Gasteiger partial charge in [-0.2, -0.15) is 0 Å². The van der Waals surface area contributed by atoms with Gasteiger partial charge < -0.3 is 9.63 Å². The van der Waals surface area contributed by atoms with Crippen molar-refractivity contribution >= 4 is 34.0 Å². The Morgan fingerprint density at radius 3 is 2.26 bits per heavy atom. The number of carbonyl (C=O) groups excluding carboxylic acids is 2. The second-order valence-corrected chi connectivity index (χ2v) is 9.90. The first-order chi connectivity index (χ1) is 16.6. The number of nitrogens with zero attached hydrogens (tertiary/aromatic N) is 2. The molecule has 0 spiro atoms. The van der Waals surface area contributed by atoms with Crippen LogP contribution in [0.15, 0.2) is 82.9 Å². The van der Waals surface area contributed by atoms with Crippen molar-refractivity contribution in [2.45, 2.75) is 39.2 Å². The molecule has 3 aromatic carbocycles. The molecule has 0 bridgehead atoms. The topological polar surface area (TPSA) is 83.6 Å². The van der Waals surface area contributed by atoms with Gasteiger partial charge in [0.2, 0.25) is 0 Å². The number of ketones is 1. The van der Waals surface area contributed by atoms with Crippen molar-refractivity contribution in [3.8, 4) is 0 Å². The molecule has 1 aliphatic rings. The first kappa shape index (κ1) is 22.6. The highest BCUT2D eigenvalue weighted by molar-refractivity contribution is 6.51. The van der Waals surface area contributed by atoms with Crippen molar-refractivity contribution in [2.75, 3.05) is 4.90 Å². The number of hydrogen-bond donors (Lipinski definition) is 1. The molecule has 1 unspecified atom stereocenters. The first-order valence-corrected chi connectivity index (χ1v) is 11.5. The van der Waals surface area contributed by atoms with E-state index in [9.17, 15) is 14.7 Å². The molecule has 6 heteroatoms. The molecule has 0 radical (unpaired) electrons. The highest BCUT2D eigenvalue weighted by Gasteiger charge is 2.48. The summed E-state index contributed by atoms with van der Waals surface area (Å²) in [6.45, 7) is 8.07. The first-order valence-electron chi connectivity index (χ1n) is 11.5. The molecule has 0 saturated carbocycles. The molecule has 1 aromatic heterocycles. The van der Waals surface area contributed by atoms with Crippen LogP contribution in [0, 0.1) is 6.92 Å². The molecule has 2 heterocycles. The molecule has 1 saturated heterocycles. The third-order valence-electron chi connectivity index (χ3n) is 6.42. The zero-order chi connectivity index (χ0) is 24.9. The Kier molecular flexibility index (Phi) is 5.32. The van der Waals surface area contributed by atoms with Gasteiger partial charge in [-0.05, 0) is 40.3 Å². The summed E-state index contributed by atoms with van der Waals surface area (Å²) in [6, 6.07) is 21.7. The molecule has 1 N–H and O–H groups in total. The summed E-state index contributed by atoms with van der Waals surface area (Å²) < 4.78 is 5.20. The number of Topliss-reactive ketones (excluding diaryl/α,β-unsaturated/α-hetero) is 1. The third kappa shape index (κ3) is 3.91. The van der Waals surface area contributed by atoms with E-state index in [4.69, 9.17) is 4.52 Å². The van der Waals surface area contributed by atoms with Gasteiger partial charge >= 0.3 is 5.91 Å². The monoisotopic (exact) mass is 466 g/mol. The molecular formula is C29H26N2O4. The smallest absolute Gasteiger partial charge is 0.301 e. The quantitative estimate of drug-likeness (QED) is 0.225. The number of hydrogen-bond acceptors (Lipinski definition) is 5. The van der Waals surface area contributed by atoms with Crippen LogP contribution in [0.4, 0.5) is 5.82 Å². The Morgan fingerprint density at radius 2 is 1.63 bits per heavy atom. The lowest BCUT2D eigenvalue weighted by Gasteiger charge is -2.24. The average Bonchev–Trinajstić information content (AvgIpc) is 3.38. The fraction of sp³-hybridized carbons (Fsp3) is 0.207. The van der Waals surface area contributed by atoms with Crippen LogP contribution in [0.25, 0.3) is 16.5 Å². The van der Waals surface area contributed by atoms with Gasteiger partial charge in [0, 0.05) is 11.6 Å². The number of aromatic nitrogens is 1. The summed E-state index contributed by atoms with van der Waals surface area (Å²) in [5, 5.41) is 17.3. The fourth-order valence-corrected chi connectivity index (χ4v) is 4.51. The maximum absolute atomic E-state index is 13.3. The Bertz CT molecular complexity index is 1490. The molecule has 176 valence electrons. The van der Waals surface area contributed by atoms with Gasteiger partial charge in [-0.25, -0.2) is 0 Å². The second kappa shape index (κ2) is 8.24. The number of carbonyl (C=O) groups is 2. The van der Waals surface area contributed by atoms with E-state index in [-0.39, 0.29) is 22.6 Å². The van der Waals surface area contributed by atoms with E-state index >= 15 is 0 Å². The highest BCUT2D eigenvalue weighted by atomic mass is 16.5. The number of fused-ring (bicyclic) bond motifs is 1. The Balaban J connectivity index is 1.70. The summed E-state index contributed by atoms with van der Waals surface area (Å²) >= 11 is 0. The number of rotatable bonds is 3. The molecule has 0 aliphatic carbocycles. The Labute approximate surface area is 203 Å². The molecule has 1 aliphatic heterocycles. The SMILES string of the molecule is Cc1cc(N2C(=O)C(=O)/C(=C(/O)c3ccc4ccccc4c3)C2c2ccc(C(C)(C)C)cc2)no1. The predicted octanol–water partition coefficient (Wildman–Crippen LogP) is 6.06. The maximum Gasteiger partial charge on any atom is 0.301 e. The van der Waals surface area contributed by atoms with E-state index in [1.54, 1.807) is 19.1 Å². The number of anilines is 1. The van der Waals surface area contributed by atoms with Gasteiger partial charge in [-0.1, -0.05) is 86.6 Å². The standard InChI is InChI=1S/C29H26N2O4/c1-17-15-23(30-35-17)31-25(19-11-13-22(14-12-19)29(2,3)4)24(27(33)28(31)34)26(32)21-10-9-18-7-5-6-8-20(18)16-21/h5-16,25,32H,1-4H3/b26-24+. The van der Waals surface area contributed by atoms with Crippen molar-refractivity contribution in [2.24, 2.45) is 0 Å². The summed E-state index contributed by atoms with van der Waals surface area (Å²) in [6.07, 6.45) is 0. The summed E-state index contributed by atoms with van der Waals surface area (Å²) in [5.74, 6) is -1.00. The van der Waals surface area contributed by atoms with E-state index < -0.39 is 17.7 Å². The van der Waals surface area contributed by atoms with Gasteiger partial charge in [0.15, 0.2) is 5.82 Å². The van der Waals surface area contributed by atoms with Crippen molar-refractivity contribution < 1.29 is 19.2 Å². The zero-order valence-electron chi connectivity index (χ0n) is 20.1. The van der Waals surface area contributed by atoms with Crippen molar-refractivity contribution in [3.05, 3.63) is 101 Å². The molecule has 1 atom stereocenters. The van der Waals surface area contributed by atoms with Crippen LogP contribution >= 0.6 is 0 Å².